The number of rotatable bonds is 2. The van der Waals surface area contributed by atoms with E-state index >= 15 is 0 Å². The molecule has 0 radical (unpaired) electrons. The minimum absolute atomic E-state index is 0.180. The Morgan fingerprint density at radius 3 is 2.75 bits per heavy atom. The van der Waals surface area contributed by atoms with Gasteiger partial charge in [-0.2, -0.15) is 0 Å². The molecule has 1 aromatic carbocycles. The third kappa shape index (κ3) is 2.39. The molecule has 0 atom stereocenters. The highest BCUT2D eigenvalue weighted by Crippen LogP contribution is 2.23. The number of fused-ring (bicyclic) bond motifs is 1. The second-order valence-corrected chi connectivity index (χ2v) is 4.95. The highest BCUT2D eigenvalue weighted by molar-refractivity contribution is 5.84. The first-order valence-electron chi connectivity index (χ1n) is 6.55. The van der Waals surface area contributed by atoms with Gasteiger partial charge in [0.05, 0.1) is 6.20 Å². The average molecular weight is 273 g/mol. The average Bonchev–Trinajstić information content (AvgIpc) is 2.46. The third-order valence-corrected chi connectivity index (χ3v) is 3.53. The molecule has 0 aromatic heterocycles. The van der Waals surface area contributed by atoms with E-state index in [-0.39, 0.29) is 11.6 Å². The van der Waals surface area contributed by atoms with E-state index in [0.29, 0.717) is 6.54 Å². The summed E-state index contributed by atoms with van der Waals surface area (Å²) >= 11 is 0. The maximum absolute atomic E-state index is 12.9. The SMILES string of the molecule is CC1=NC=C(O)C2=CN(Cc3ccc(F)cc3)CCN21. The van der Waals surface area contributed by atoms with Crippen LogP contribution in [0.15, 0.2) is 53.1 Å². The number of aliphatic hydroxyl groups excluding tert-OH is 1. The van der Waals surface area contributed by atoms with E-state index in [9.17, 15) is 9.50 Å². The summed E-state index contributed by atoms with van der Waals surface area (Å²) in [5.41, 5.74) is 1.81. The molecule has 0 unspecified atom stereocenters. The molecule has 0 amide bonds. The van der Waals surface area contributed by atoms with E-state index in [0.717, 1.165) is 30.2 Å². The molecule has 0 fully saturated rings. The van der Waals surface area contributed by atoms with Gasteiger partial charge in [0.2, 0.25) is 0 Å². The second-order valence-electron chi connectivity index (χ2n) is 4.95. The van der Waals surface area contributed by atoms with Crippen molar-refractivity contribution in [3.63, 3.8) is 0 Å². The van der Waals surface area contributed by atoms with E-state index in [1.54, 1.807) is 12.1 Å². The largest absolute Gasteiger partial charge is 0.504 e. The molecule has 104 valence electrons. The van der Waals surface area contributed by atoms with Crippen LogP contribution in [0.3, 0.4) is 0 Å². The van der Waals surface area contributed by atoms with Crippen molar-refractivity contribution in [3.05, 3.63) is 59.5 Å². The highest BCUT2D eigenvalue weighted by atomic mass is 19.1. The van der Waals surface area contributed by atoms with Crippen LogP contribution in [0.4, 0.5) is 4.39 Å². The predicted octanol–water partition coefficient (Wildman–Crippen LogP) is 2.62. The number of amidine groups is 1. The number of aliphatic imine (C=N–C) groups is 1. The monoisotopic (exact) mass is 273 g/mol. The van der Waals surface area contributed by atoms with Gasteiger partial charge < -0.3 is 14.9 Å². The zero-order valence-corrected chi connectivity index (χ0v) is 11.3. The first-order chi connectivity index (χ1) is 9.63. The zero-order chi connectivity index (χ0) is 14.1. The summed E-state index contributed by atoms with van der Waals surface area (Å²) in [7, 11) is 0. The summed E-state index contributed by atoms with van der Waals surface area (Å²) in [6.45, 7) is 4.23. The molecule has 20 heavy (non-hydrogen) atoms. The van der Waals surface area contributed by atoms with Gasteiger partial charge in [0.15, 0.2) is 5.76 Å². The van der Waals surface area contributed by atoms with Gasteiger partial charge >= 0.3 is 0 Å². The molecule has 1 N–H and O–H groups in total. The molecule has 0 spiro atoms. The number of halogens is 1. The van der Waals surface area contributed by atoms with Crippen molar-refractivity contribution in [1.29, 1.82) is 0 Å². The summed E-state index contributed by atoms with van der Waals surface area (Å²) in [4.78, 5) is 8.25. The number of benzene rings is 1. The van der Waals surface area contributed by atoms with Gasteiger partial charge in [-0.05, 0) is 24.6 Å². The third-order valence-electron chi connectivity index (χ3n) is 3.53. The molecule has 1 aromatic rings. The van der Waals surface area contributed by atoms with Crippen molar-refractivity contribution >= 4 is 5.84 Å². The Bertz CT molecular complexity index is 604. The van der Waals surface area contributed by atoms with Crippen LogP contribution in [0, 0.1) is 5.82 Å². The van der Waals surface area contributed by atoms with E-state index in [2.05, 4.69) is 9.89 Å². The van der Waals surface area contributed by atoms with Crippen LogP contribution >= 0.6 is 0 Å². The Kier molecular flexibility index (Phi) is 3.18. The van der Waals surface area contributed by atoms with Crippen molar-refractivity contribution in [3.8, 4) is 0 Å². The Balaban J connectivity index is 1.79. The topological polar surface area (TPSA) is 39.1 Å². The van der Waals surface area contributed by atoms with Gasteiger partial charge in [-0.3, -0.25) is 0 Å². The van der Waals surface area contributed by atoms with Crippen LogP contribution in [0.2, 0.25) is 0 Å². The maximum Gasteiger partial charge on any atom is 0.159 e. The van der Waals surface area contributed by atoms with Crippen LogP contribution in [0.25, 0.3) is 0 Å². The van der Waals surface area contributed by atoms with E-state index in [1.165, 1.54) is 18.3 Å². The zero-order valence-electron chi connectivity index (χ0n) is 11.3. The molecular formula is C15H16FN3O. The van der Waals surface area contributed by atoms with Gasteiger partial charge in [0.1, 0.15) is 17.3 Å². The van der Waals surface area contributed by atoms with Crippen LogP contribution in [0.1, 0.15) is 12.5 Å². The fraction of sp³-hybridized carbons (Fsp3) is 0.267. The van der Waals surface area contributed by atoms with Gasteiger partial charge in [-0.25, -0.2) is 9.38 Å². The quantitative estimate of drug-likeness (QED) is 0.900. The molecule has 2 aliphatic rings. The lowest BCUT2D eigenvalue weighted by molar-refractivity contribution is 0.272. The van der Waals surface area contributed by atoms with Crippen LogP contribution < -0.4 is 0 Å². The van der Waals surface area contributed by atoms with Crippen LogP contribution in [-0.4, -0.2) is 33.8 Å². The summed E-state index contributed by atoms with van der Waals surface area (Å²) in [6, 6.07) is 6.49. The lowest BCUT2D eigenvalue weighted by atomic mass is 10.2. The standard InChI is InChI=1S/C15H16FN3O/c1-11-17-8-15(20)14-10-18(6-7-19(11)14)9-12-2-4-13(16)5-3-12/h2-5,8,10,20H,6-7,9H2,1H3. The highest BCUT2D eigenvalue weighted by Gasteiger charge is 2.24. The van der Waals surface area contributed by atoms with Gasteiger partial charge in [0.25, 0.3) is 0 Å². The number of aliphatic hydroxyl groups is 1. The number of nitrogens with zero attached hydrogens (tertiary/aromatic N) is 3. The molecule has 0 bridgehead atoms. The van der Waals surface area contributed by atoms with E-state index in [4.69, 9.17) is 0 Å². The summed E-state index contributed by atoms with van der Waals surface area (Å²) in [5.74, 6) is 0.839. The molecule has 2 heterocycles. The molecule has 4 nitrogen and oxygen atoms in total. The first kappa shape index (κ1) is 12.7. The fourth-order valence-electron chi connectivity index (χ4n) is 2.44. The Labute approximate surface area is 117 Å². The predicted molar refractivity (Wildman–Crippen MR) is 75.4 cm³/mol. The summed E-state index contributed by atoms with van der Waals surface area (Å²) in [5, 5.41) is 9.91. The lowest BCUT2D eigenvalue weighted by Crippen LogP contribution is -2.42. The fourth-order valence-corrected chi connectivity index (χ4v) is 2.44. The minimum atomic E-state index is -0.225. The van der Waals surface area contributed by atoms with Gasteiger partial charge in [-0.1, -0.05) is 12.1 Å². The number of hydrogen-bond donors (Lipinski definition) is 1. The lowest BCUT2D eigenvalue weighted by Gasteiger charge is -2.37. The van der Waals surface area contributed by atoms with Crippen molar-refractivity contribution < 1.29 is 9.50 Å². The molecule has 3 rings (SSSR count). The molecule has 2 aliphatic heterocycles. The Morgan fingerprint density at radius 1 is 1.25 bits per heavy atom. The van der Waals surface area contributed by atoms with Crippen molar-refractivity contribution in [2.24, 2.45) is 4.99 Å². The summed E-state index contributed by atoms with van der Waals surface area (Å²) in [6.07, 6.45) is 3.40. The van der Waals surface area contributed by atoms with Crippen molar-refractivity contribution in [1.82, 2.24) is 9.80 Å². The van der Waals surface area contributed by atoms with Crippen LogP contribution in [0.5, 0.6) is 0 Å². The van der Waals surface area contributed by atoms with Crippen molar-refractivity contribution in [2.75, 3.05) is 13.1 Å². The van der Waals surface area contributed by atoms with Crippen LogP contribution in [-0.2, 0) is 6.54 Å². The smallest absolute Gasteiger partial charge is 0.159 e. The Morgan fingerprint density at radius 2 is 2.00 bits per heavy atom. The molecule has 0 saturated heterocycles. The minimum Gasteiger partial charge on any atom is -0.504 e. The summed E-state index contributed by atoms with van der Waals surface area (Å²) < 4.78 is 12.9. The maximum atomic E-state index is 12.9. The van der Waals surface area contributed by atoms with Gasteiger partial charge in [-0.15, -0.1) is 0 Å². The first-order valence-corrected chi connectivity index (χ1v) is 6.55. The normalized spacial score (nSPS) is 18.2. The number of hydrogen-bond acceptors (Lipinski definition) is 4. The molecule has 0 saturated carbocycles. The molecule has 0 aliphatic carbocycles. The van der Waals surface area contributed by atoms with Gasteiger partial charge in [0, 0.05) is 25.8 Å². The van der Waals surface area contributed by atoms with Crippen molar-refractivity contribution in [2.45, 2.75) is 13.5 Å². The van der Waals surface area contributed by atoms with E-state index in [1.807, 2.05) is 18.0 Å². The molecular weight excluding hydrogens is 257 g/mol. The Hall–Kier alpha value is -2.30. The van der Waals surface area contributed by atoms with E-state index < -0.39 is 0 Å². The molecule has 5 heteroatoms. The second kappa shape index (κ2) is 5.00.